The van der Waals surface area contributed by atoms with Crippen molar-refractivity contribution in [3.8, 4) is 0 Å². The Morgan fingerprint density at radius 2 is 1.40 bits per heavy atom. The van der Waals surface area contributed by atoms with E-state index in [0.29, 0.717) is 13.0 Å². The second-order valence-corrected chi connectivity index (χ2v) is 12.2. The first-order chi connectivity index (χ1) is 20.7. The van der Waals surface area contributed by atoms with Crippen LogP contribution in [-0.2, 0) is 32.6 Å². The second kappa shape index (κ2) is 14.6. The van der Waals surface area contributed by atoms with E-state index in [-0.39, 0.29) is 29.5 Å². The van der Waals surface area contributed by atoms with Crippen LogP contribution < -0.4 is 9.62 Å². The zero-order chi connectivity index (χ0) is 30.8. The molecule has 0 bridgehead atoms. The number of hydrogen-bond acceptors (Lipinski definition) is 4. The lowest BCUT2D eigenvalue weighted by atomic mass is 10.0. The maximum absolute atomic E-state index is 14.3. The van der Waals surface area contributed by atoms with Gasteiger partial charge in [-0.1, -0.05) is 85.3 Å². The van der Waals surface area contributed by atoms with Gasteiger partial charge >= 0.3 is 0 Å². The zero-order valence-electron chi connectivity index (χ0n) is 24.3. The van der Waals surface area contributed by atoms with Gasteiger partial charge in [-0.3, -0.25) is 13.9 Å². The molecule has 43 heavy (non-hydrogen) atoms. The smallest absolute Gasteiger partial charge is 0.264 e. The SMILES string of the molecule is CCCNC(=O)[C@@H](Cc1ccccc1)N(Cc1ccccc1)C(=O)CN(c1ccc(F)cc1)S(=O)(=O)c1ccc(C)cc1. The Morgan fingerprint density at radius 1 is 0.814 bits per heavy atom. The van der Waals surface area contributed by atoms with E-state index in [2.05, 4.69) is 5.32 Å². The standard InChI is InChI=1S/C34H36FN3O4S/c1-3-22-36-34(40)32(23-27-10-6-4-7-11-27)37(24-28-12-8-5-9-13-28)33(39)25-38(30-18-16-29(35)17-19-30)43(41,42)31-20-14-26(2)15-21-31/h4-21,32H,3,22-25H2,1-2H3,(H,36,40)/t32-/m1/s1. The van der Waals surface area contributed by atoms with Gasteiger partial charge in [0.15, 0.2) is 0 Å². The summed E-state index contributed by atoms with van der Waals surface area (Å²) in [5, 5.41) is 2.92. The molecule has 0 aromatic heterocycles. The van der Waals surface area contributed by atoms with Crippen molar-refractivity contribution < 1.29 is 22.4 Å². The molecule has 0 unspecified atom stereocenters. The molecule has 1 atom stereocenters. The van der Waals surface area contributed by atoms with Crippen molar-refractivity contribution in [1.82, 2.24) is 10.2 Å². The van der Waals surface area contributed by atoms with E-state index in [1.807, 2.05) is 74.5 Å². The third kappa shape index (κ3) is 8.29. The normalized spacial score (nSPS) is 11.9. The van der Waals surface area contributed by atoms with Crippen LogP contribution in [0.4, 0.5) is 10.1 Å². The van der Waals surface area contributed by atoms with Crippen molar-refractivity contribution in [2.24, 2.45) is 0 Å². The first-order valence-electron chi connectivity index (χ1n) is 14.2. The number of sulfonamides is 1. The van der Waals surface area contributed by atoms with Gasteiger partial charge in [0.2, 0.25) is 11.8 Å². The number of nitrogens with one attached hydrogen (secondary N) is 1. The molecule has 0 heterocycles. The molecule has 4 aromatic carbocycles. The highest BCUT2D eigenvalue weighted by Gasteiger charge is 2.34. The lowest BCUT2D eigenvalue weighted by Gasteiger charge is -2.34. The van der Waals surface area contributed by atoms with E-state index in [9.17, 15) is 22.4 Å². The van der Waals surface area contributed by atoms with Crippen molar-refractivity contribution >= 4 is 27.5 Å². The molecular weight excluding hydrogens is 565 g/mol. The Kier molecular flexibility index (Phi) is 10.7. The van der Waals surface area contributed by atoms with E-state index in [0.717, 1.165) is 33.1 Å². The average molecular weight is 602 g/mol. The van der Waals surface area contributed by atoms with Crippen LogP contribution in [0.25, 0.3) is 0 Å². The number of carbonyl (C=O) groups excluding carboxylic acids is 2. The highest BCUT2D eigenvalue weighted by atomic mass is 32.2. The lowest BCUT2D eigenvalue weighted by Crippen LogP contribution is -2.53. The van der Waals surface area contributed by atoms with Crippen LogP contribution in [0.15, 0.2) is 114 Å². The summed E-state index contributed by atoms with van der Waals surface area (Å²) in [7, 11) is -4.24. The highest BCUT2D eigenvalue weighted by molar-refractivity contribution is 7.92. The summed E-state index contributed by atoms with van der Waals surface area (Å²) in [6, 6.07) is 28.9. The summed E-state index contributed by atoms with van der Waals surface area (Å²) in [5.74, 6) is -1.44. The summed E-state index contributed by atoms with van der Waals surface area (Å²) in [6.45, 7) is 3.70. The number of anilines is 1. The van der Waals surface area contributed by atoms with Crippen molar-refractivity contribution in [1.29, 1.82) is 0 Å². The second-order valence-electron chi connectivity index (χ2n) is 10.3. The molecule has 0 aliphatic rings. The first kappa shape index (κ1) is 31.4. The number of halogens is 1. The fourth-order valence-corrected chi connectivity index (χ4v) is 6.09. The minimum Gasteiger partial charge on any atom is -0.354 e. The van der Waals surface area contributed by atoms with Gasteiger partial charge in [0.25, 0.3) is 10.0 Å². The lowest BCUT2D eigenvalue weighted by molar-refractivity contribution is -0.140. The van der Waals surface area contributed by atoms with Crippen LogP contribution in [-0.4, -0.2) is 44.3 Å². The number of benzene rings is 4. The minimum absolute atomic E-state index is 0.00800. The molecule has 0 saturated heterocycles. The van der Waals surface area contributed by atoms with Gasteiger partial charge in [-0.25, -0.2) is 12.8 Å². The molecule has 0 fully saturated rings. The molecule has 0 saturated carbocycles. The monoisotopic (exact) mass is 601 g/mol. The molecule has 7 nitrogen and oxygen atoms in total. The predicted molar refractivity (Wildman–Crippen MR) is 166 cm³/mol. The topological polar surface area (TPSA) is 86.8 Å². The molecule has 1 N–H and O–H groups in total. The van der Waals surface area contributed by atoms with Crippen molar-refractivity contribution in [3.63, 3.8) is 0 Å². The van der Waals surface area contributed by atoms with E-state index >= 15 is 0 Å². The summed E-state index contributed by atoms with van der Waals surface area (Å²) in [4.78, 5) is 29.3. The largest absolute Gasteiger partial charge is 0.354 e. The van der Waals surface area contributed by atoms with Crippen LogP contribution in [0.2, 0.25) is 0 Å². The van der Waals surface area contributed by atoms with Gasteiger partial charge in [-0.15, -0.1) is 0 Å². The van der Waals surface area contributed by atoms with Crippen molar-refractivity contribution in [3.05, 3.63) is 132 Å². The first-order valence-corrected chi connectivity index (χ1v) is 15.6. The van der Waals surface area contributed by atoms with Gasteiger partial charge in [0.1, 0.15) is 18.4 Å². The molecule has 0 spiro atoms. The molecule has 224 valence electrons. The third-order valence-electron chi connectivity index (χ3n) is 7.02. The van der Waals surface area contributed by atoms with Gasteiger partial charge in [-0.2, -0.15) is 0 Å². The van der Waals surface area contributed by atoms with Crippen LogP contribution in [0, 0.1) is 12.7 Å². The van der Waals surface area contributed by atoms with Crippen molar-refractivity contribution in [2.75, 3.05) is 17.4 Å². The molecule has 2 amide bonds. The molecule has 4 aromatic rings. The number of rotatable bonds is 13. The number of aryl methyl sites for hydroxylation is 1. The molecule has 0 aliphatic heterocycles. The van der Waals surface area contributed by atoms with Gasteiger partial charge in [-0.05, 0) is 60.9 Å². The minimum atomic E-state index is -4.24. The molecule has 0 aliphatic carbocycles. The molecule has 9 heteroatoms. The maximum atomic E-state index is 14.3. The third-order valence-corrected chi connectivity index (χ3v) is 8.81. The highest BCUT2D eigenvalue weighted by Crippen LogP contribution is 2.25. The Balaban J connectivity index is 1.77. The molecular formula is C34H36FN3O4S. The van der Waals surface area contributed by atoms with Gasteiger partial charge in [0.05, 0.1) is 10.6 Å². The van der Waals surface area contributed by atoms with E-state index in [1.54, 1.807) is 12.1 Å². The number of amides is 2. The molecule has 4 rings (SSSR count). The zero-order valence-corrected chi connectivity index (χ0v) is 25.1. The van der Waals surface area contributed by atoms with Crippen LogP contribution in [0.3, 0.4) is 0 Å². The van der Waals surface area contributed by atoms with Crippen LogP contribution >= 0.6 is 0 Å². The Bertz CT molecular complexity index is 1600. The number of hydrogen-bond donors (Lipinski definition) is 1. The Morgan fingerprint density at radius 3 is 1.98 bits per heavy atom. The summed E-state index contributed by atoms with van der Waals surface area (Å²) in [5.41, 5.74) is 2.64. The number of carbonyl (C=O) groups is 2. The van der Waals surface area contributed by atoms with E-state index < -0.39 is 34.3 Å². The quantitative estimate of drug-likeness (QED) is 0.219. The number of nitrogens with zero attached hydrogens (tertiary/aromatic N) is 2. The maximum Gasteiger partial charge on any atom is 0.264 e. The fourth-order valence-electron chi connectivity index (χ4n) is 4.67. The van der Waals surface area contributed by atoms with Gasteiger partial charge < -0.3 is 10.2 Å². The van der Waals surface area contributed by atoms with Crippen LogP contribution in [0.1, 0.15) is 30.0 Å². The summed E-state index contributed by atoms with van der Waals surface area (Å²) in [6.07, 6.45) is 0.944. The molecule has 0 radical (unpaired) electrons. The predicted octanol–water partition coefficient (Wildman–Crippen LogP) is 5.50. The summed E-state index contributed by atoms with van der Waals surface area (Å²) >= 11 is 0. The summed E-state index contributed by atoms with van der Waals surface area (Å²) < 4.78 is 42.8. The van der Waals surface area contributed by atoms with E-state index in [1.165, 1.54) is 29.2 Å². The van der Waals surface area contributed by atoms with Crippen molar-refractivity contribution in [2.45, 2.75) is 44.2 Å². The fraction of sp³-hybridized carbons (Fsp3) is 0.235. The van der Waals surface area contributed by atoms with Crippen LogP contribution in [0.5, 0.6) is 0 Å². The van der Waals surface area contributed by atoms with E-state index in [4.69, 9.17) is 0 Å². The Labute approximate surface area is 253 Å². The average Bonchev–Trinajstić information content (AvgIpc) is 3.02. The Hall–Kier alpha value is -4.50. The van der Waals surface area contributed by atoms with Gasteiger partial charge in [0, 0.05) is 19.5 Å².